The van der Waals surface area contributed by atoms with Crippen LogP contribution in [0.1, 0.15) is 34.6 Å². The minimum Gasteiger partial charge on any atom is -0.478 e. The Labute approximate surface area is 198 Å². The number of rotatable bonds is 8. The highest BCUT2D eigenvalue weighted by atomic mass is 35.5. The number of likely N-dealkylation sites (N-methyl/N-ethyl adjacent to an activating group) is 1. The van der Waals surface area contributed by atoms with E-state index in [-0.39, 0.29) is 22.7 Å². The van der Waals surface area contributed by atoms with Gasteiger partial charge in [-0.25, -0.2) is 4.79 Å². The van der Waals surface area contributed by atoms with Gasteiger partial charge in [0.15, 0.2) is 0 Å². The number of aromatic carboxylic acids is 1. The Hall–Kier alpha value is -3.10. The molecule has 1 aliphatic heterocycles. The number of nitrogens with zero attached hydrogens (tertiary/aromatic N) is 3. The van der Waals surface area contributed by atoms with Crippen LogP contribution in [0.2, 0.25) is 5.02 Å². The zero-order chi connectivity index (χ0) is 24.0. The number of anilines is 2. The summed E-state index contributed by atoms with van der Waals surface area (Å²) in [5.41, 5.74) is 1.25. The summed E-state index contributed by atoms with van der Waals surface area (Å²) in [7, 11) is 0. The van der Waals surface area contributed by atoms with Gasteiger partial charge in [-0.05, 0) is 44.2 Å². The molecule has 2 aromatic carbocycles. The van der Waals surface area contributed by atoms with E-state index in [4.69, 9.17) is 11.6 Å². The average Bonchev–Trinajstić information content (AvgIpc) is 2.80. The van der Waals surface area contributed by atoms with E-state index in [1.807, 2.05) is 18.7 Å². The van der Waals surface area contributed by atoms with Crippen molar-refractivity contribution in [3.05, 3.63) is 58.6 Å². The van der Waals surface area contributed by atoms with Crippen molar-refractivity contribution in [1.29, 1.82) is 0 Å². The fraction of sp³-hybridized carbons (Fsp3) is 0.375. The Bertz CT molecular complexity index is 1020. The first kappa shape index (κ1) is 24.5. The predicted molar refractivity (Wildman–Crippen MR) is 129 cm³/mol. The van der Waals surface area contributed by atoms with Crippen molar-refractivity contribution in [3.63, 3.8) is 0 Å². The van der Waals surface area contributed by atoms with E-state index in [0.29, 0.717) is 50.8 Å². The quantitative estimate of drug-likeness (QED) is 0.612. The Morgan fingerprint density at radius 2 is 1.67 bits per heavy atom. The van der Waals surface area contributed by atoms with E-state index < -0.39 is 11.9 Å². The number of benzene rings is 2. The van der Waals surface area contributed by atoms with Crippen molar-refractivity contribution in [2.24, 2.45) is 0 Å². The first-order chi connectivity index (χ1) is 15.8. The number of carbonyl (C=O) groups is 3. The summed E-state index contributed by atoms with van der Waals surface area (Å²) >= 11 is 6.08. The second-order valence-corrected chi connectivity index (χ2v) is 8.21. The van der Waals surface area contributed by atoms with E-state index in [1.165, 1.54) is 0 Å². The molecule has 0 aromatic heterocycles. The minimum atomic E-state index is -1.13. The van der Waals surface area contributed by atoms with Gasteiger partial charge >= 0.3 is 5.97 Å². The molecule has 33 heavy (non-hydrogen) atoms. The molecular formula is C24H29ClN4O4. The molecule has 2 amide bonds. The molecule has 1 saturated heterocycles. The molecule has 8 nitrogen and oxygen atoms in total. The van der Waals surface area contributed by atoms with E-state index >= 15 is 0 Å². The zero-order valence-electron chi connectivity index (χ0n) is 18.9. The van der Waals surface area contributed by atoms with Crippen LogP contribution >= 0.6 is 11.6 Å². The lowest BCUT2D eigenvalue weighted by Crippen LogP contribution is -2.50. The lowest BCUT2D eigenvalue weighted by Gasteiger charge is -2.36. The topological polar surface area (TPSA) is 93.2 Å². The smallest absolute Gasteiger partial charge is 0.337 e. The molecule has 0 radical (unpaired) electrons. The number of carboxylic acids is 1. The normalized spacial score (nSPS) is 14.1. The van der Waals surface area contributed by atoms with Gasteiger partial charge in [-0.1, -0.05) is 23.7 Å². The third kappa shape index (κ3) is 6.03. The second kappa shape index (κ2) is 11.2. The number of amides is 2. The summed E-state index contributed by atoms with van der Waals surface area (Å²) in [5, 5.41) is 12.7. The summed E-state index contributed by atoms with van der Waals surface area (Å²) in [4.78, 5) is 42.8. The molecule has 1 fully saturated rings. The van der Waals surface area contributed by atoms with Crippen LogP contribution < -0.4 is 10.2 Å². The van der Waals surface area contributed by atoms with Crippen molar-refractivity contribution in [3.8, 4) is 0 Å². The number of nitrogens with one attached hydrogen (secondary N) is 1. The number of halogens is 1. The Morgan fingerprint density at radius 1 is 1.00 bits per heavy atom. The number of hydrogen-bond acceptors (Lipinski definition) is 5. The van der Waals surface area contributed by atoms with Crippen LogP contribution in [0, 0.1) is 0 Å². The molecule has 0 saturated carbocycles. The second-order valence-electron chi connectivity index (χ2n) is 7.80. The average molecular weight is 473 g/mol. The van der Waals surface area contributed by atoms with Gasteiger partial charge in [0, 0.05) is 45.0 Å². The number of carbonyl (C=O) groups excluding carboxylic acids is 2. The Kier molecular flexibility index (Phi) is 8.30. The molecule has 0 spiro atoms. The van der Waals surface area contributed by atoms with Crippen LogP contribution in [0.25, 0.3) is 0 Å². The Balaban J connectivity index is 1.67. The summed E-state index contributed by atoms with van der Waals surface area (Å²) in [6.07, 6.45) is 0. The van der Waals surface area contributed by atoms with Crippen molar-refractivity contribution in [1.82, 2.24) is 9.80 Å². The third-order valence-electron chi connectivity index (χ3n) is 5.81. The fourth-order valence-electron chi connectivity index (χ4n) is 3.88. The molecule has 9 heteroatoms. The minimum absolute atomic E-state index is 0.00652. The molecule has 1 heterocycles. The zero-order valence-corrected chi connectivity index (χ0v) is 19.6. The van der Waals surface area contributed by atoms with Gasteiger partial charge in [0.05, 0.1) is 28.4 Å². The van der Waals surface area contributed by atoms with E-state index in [9.17, 15) is 19.5 Å². The summed E-state index contributed by atoms with van der Waals surface area (Å²) in [5.74, 6) is -1.47. The van der Waals surface area contributed by atoms with Gasteiger partial charge < -0.3 is 20.2 Å². The summed E-state index contributed by atoms with van der Waals surface area (Å²) in [6.45, 7) is 8.51. The standard InChI is InChI=1S/C24H29ClN4O4/c1-3-28(4-2)22(30)16-27-11-13-29(14-12-27)17-9-10-21(19(15-17)24(32)33)26-23(31)18-7-5-6-8-20(18)25/h5-10,15H,3-4,11-14,16H2,1-2H3,(H,26,31)(H,32,33). The molecule has 2 N–H and O–H groups in total. The molecule has 2 aromatic rings. The molecule has 0 unspecified atom stereocenters. The van der Waals surface area contributed by atoms with Gasteiger partial charge in [0.1, 0.15) is 0 Å². The highest BCUT2D eigenvalue weighted by molar-refractivity contribution is 6.34. The van der Waals surface area contributed by atoms with Crippen molar-refractivity contribution < 1.29 is 19.5 Å². The highest BCUT2D eigenvalue weighted by Crippen LogP contribution is 2.26. The van der Waals surface area contributed by atoms with Crippen LogP contribution in [-0.4, -0.2) is 78.5 Å². The van der Waals surface area contributed by atoms with Crippen molar-refractivity contribution >= 4 is 40.8 Å². The van der Waals surface area contributed by atoms with E-state index in [2.05, 4.69) is 15.1 Å². The highest BCUT2D eigenvalue weighted by Gasteiger charge is 2.23. The van der Waals surface area contributed by atoms with Gasteiger partial charge in [-0.2, -0.15) is 0 Å². The molecule has 0 aliphatic carbocycles. The fourth-order valence-corrected chi connectivity index (χ4v) is 4.10. The van der Waals surface area contributed by atoms with Crippen LogP contribution in [-0.2, 0) is 4.79 Å². The Morgan fingerprint density at radius 3 is 2.27 bits per heavy atom. The molecule has 0 atom stereocenters. The largest absolute Gasteiger partial charge is 0.478 e. The van der Waals surface area contributed by atoms with Gasteiger partial charge in [0.2, 0.25) is 5.91 Å². The number of carboxylic acid groups (broad SMARTS) is 1. The van der Waals surface area contributed by atoms with Crippen LogP contribution in [0.3, 0.4) is 0 Å². The molecule has 1 aliphatic rings. The van der Waals surface area contributed by atoms with Crippen LogP contribution in [0.5, 0.6) is 0 Å². The van der Waals surface area contributed by atoms with Crippen molar-refractivity contribution in [2.45, 2.75) is 13.8 Å². The third-order valence-corrected chi connectivity index (χ3v) is 6.14. The summed E-state index contributed by atoms with van der Waals surface area (Å²) < 4.78 is 0. The number of piperazine rings is 1. The molecule has 0 bridgehead atoms. The first-order valence-corrected chi connectivity index (χ1v) is 11.4. The number of hydrogen-bond donors (Lipinski definition) is 2. The molecular weight excluding hydrogens is 444 g/mol. The van der Waals surface area contributed by atoms with Crippen LogP contribution in [0.15, 0.2) is 42.5 Å². The first-order valence-electron chi connectivity index (χ1n) is 11.0. The summed E-state index contributed by atoms with van der Waals surface area (Å²) in [6, 6.07) is 11.6. The monoisotopic (exact) mass is 472 g/mol. The van der Waals surface area contributed by atoms with Crippen LogP contribution in [0.4, 0.5) is 11.4 Å². The van der Waals surface area contributed by atoms with Gasteiger partial charge in [0.25, 0.3) is 5.91 Å². The van der Waals surface area contributed by atoms with E-state index in [1.54, 1.807) is 42.5 Å². The molecule has 176 valence electrons. The van der Waals surface area contributed by atoms with E-state index in [0.717, 1.165) is 5.69 Å². The lowest BCUT2D eigenvalue weighted by molar-refractivity contribution is -0.132. The van der Waals surface area contributed by atoms with Crippen molar-refractivity contribution in [2.75, 3.05) is 56.0 Å². The lowest BCUT2D eigenvalue weighted by atomic mass is 10.1. The maximum Gasteiger partial charge on any atom is 0.337 e. The maximum atomic E-state index is 12.6. The van der Waals surface area contributed by atoms with Gasteiger partial charge in [-0.15, -0.1) is 0 Å². The SMILES string of the molecule is CCN(CC)C(=O)CN1CCN(c2ccc(NC(=O)c3ccccc3Cl)c(C(=O)O)c2)CC1. The maximum absolute atomic E-state index is 12.6. The molecule has 3 rings (SSSR count). The predicted octanol–water partition coefficient (Wildman–Crippen LogP) is 3.28. The van der Waals surface area contributed by atoms with Gasteiger partial charge in [-0.3, -0.25) is 14.5 Å².